The minimum Gasteiger partial charge on any atom is -0.454 e. The number of fused-ring (bicyclic) bond motifs is 4. The third kappa shape index (κ3) is 3.08. The van der Waals surface area contributed by atoms with E-state index in [1.165, 1.54) is 0 Å². The van der Waals surface area contributed by atoms with Crippen molar-refractivity contribution in [2.45, 2.75) is 13.3 Å². The molecule has 0 saturated heterocycles. The number of aromatic nitrogens is 4. The average molecular weight is 459 g/mol. The summed E-state index contributed by atoms with van der Waals surface area (Å²) in [6.45, 7) is 2.11. The third-order valence-electron chi connectivity index (χ3n) is 6.07. The van der Waals surface area contributed by atoms with Gasteiger partial charge in [-0.1, -0.05) is 17.7 Å². The van der Waals surface area contributed by atoms with Gasteiger partial charge in [-0.2, -0.15) is 0 Å². The van der Waals surface area contributed by atoms with Crippen LogP contribution in [0.4, 0.5) is 0 Å². The van der Waals surface area contributed by atoms with E-state index in [9.17, 15) is 4.79 Å². The molecular weight excluding hydrogens is 440 g/mol. The molecule has 0 atom stereocenters. The fourth-order valence-electron chi connectivity index (χ4n) is 4.45. The molecule has 0 radical (unpaired) electrons. The van der Waals surface area contributed by atoms with E-state index in [-0.39, 0.29) is 12.4 Å². The Morgan fingerprint density at radius 2 is 1.94 bits per heavy atom. The summed E-state index contributed by atoms with van der Waals surface area (Å²) in [7, 11) is 1.94. The SMILES string of the molecule is Cc1ncccc1-n1c(=O)c2nc(Cc3ccc4c(c3)OCO4)n(C)c2c2ccc(Cl)cc21. The van der Waals surface area contributed by atoms with Gasteiger partial charge in [0.05, 0.1) is 22.4 Å². The van der Waals surface area contributed by atoms with Crippen LogP contribution < -0.4 is 15.0 Å². The number of imidazole rings is 1. The van der Waals surface area contributed by atoms with Gasteiger partial charge in [0, 0.05) is 30.1 Å². The highest BCUT2D eigenvalue weighted by molar-refractivity contribution is 6.31. The minimum absolute atomic E-state index is 0.205. The number of hydrogen-bond acceptors (Lipinski definition) is 5. The Hall–Kier alpha value is -3.84. The molecule has 1 aliphatic heterocycles. The minimum atomic E-state index is -0.205. The molecule has 0 N–H and O–H groups in total. The molecule has 164 valence electrons. The van der Waals surface area contributed by atoms with Gasteiger partial charge in [-0.3, -0.25) is 14.3 Å². The first-order valence-corrected chi connectivity index (χ1v) is 10.9. The van der Waals surface area contributed by atoms with Crippen LogP contribution in [-0.4, -0.2) is 25.9 Å². The smallest absolute Gasteiger partial charge is 0.283 e. The number of benzene rings is 2. The maximum atomic E-state index is 13.8. The van der Waals surface area contributed by atoms with E-state index in [0.717, 1.165) is 39.5 Å². The second-order valence-corrected chi connectivity index (χ2v) is 8.50. The Labute approximate surface area is 193 Å². The lowest BCUT2D eigenvalue weighted by molar-refractivity contribution is 0.174. The van der Waals surface area contributed by atoms with Crippen molar-refractivity contribution in [1.29, 1.82) is 0 Å². The van der Waals surface area contributed by atoms with E-state index in [0.29, 0.717) is 28.2 Å². The van der Waals surface area contributed by atoms with Crippen LogP contribution in [-0.2, 0) is 13.5 Å². The normalized spacial score (nSPS) is 12.7. The number of ether oxygens (including phenoxy) is 2. The quantitative estimate of drug-likeness (QED) is 0.396. The van der Waals surface area contributed by atoms with Crippen molar-refractivity contribution in [1.82, 2.24) is 19.1 Å². The van der Waals surface area contributed by atoms with Gasteiger partial charge >= 0.3 is 0 Å². The van der Waals surface area contributed by atoms with E-state index in [1.54, 1.807) is 10.8 Å². The second kappa shape index (κ2) is 7.35. The monoisotopic (exact) mass is 458 g/mol. The molecule has 4 heterocycles. The lowest BCUT2D eigenvalue weighted by Gasteiger charge is -2.14. The van der Waals surface area contributed by atoms with Gasteiger partial charge in [-0.05, 0) is 55.0 Å². The zero-order chi connectivity index (χ0) is 22.7. The zero-order valence-corrected chi connectivity index (χ0v) is 18.8. The van der Waals surface area contributed by atoms with E-state index in [1.807, 2.05) is 67.1 Å². The van der Waals surface area contributed by atoms with Gasteiger partial charge in [-0.25, -0.2) is 4.98 Å². The first-order valence-electron chi connectivity index (χ1n) is 10.5. The Bertz CT molecular complexity index is 1640. The fraction of sp³-hybridized carbons (Fsp3) is 0.160. The van der Waals surface area contributed by atoms with Gasteiger partial charge in [0.2, 0.25) is 6.79 Å². The predicted molar refractivity (Wildman–Crippen MR) is 127 cm³/mol. The van der Waals surface area contributed by atoms with E-state index in [2.05, 4.69) is 4.98 Å². The number of halogens is 1. The largest absolute Gasteiger partial charge is 0.454 e. The maximum Gasteiger partial charge on any atom is 0.283 e. The van der Waals surface area contributed by atoms with Crippen molar-refractivity contribution in [3.63, 3.8) is 0 Å². The fourth-order valence-corrected chi connectivity index (χ4v) is 4.62. The molecule has 0 bridgehead atoms. The van der Waals surface area contributed by atoms with Crippen LogP contribution in [0.2, 0.25) is 5.02 Å². The summed E-state index contributed by atoms with van der Waals surface area (Å²) >= 11 is 6.34. The highest BCUT2D eigenvalue weighted by atomic mass is 35.5. The van der Waals surface area contributed by atoms with E-state index in [4.69, 9.17) is 26.1 Å². The van der Waals surface area contributed by atoms with Crippen LogP contribution in [0.15, 0.2) is 59.5 Å². The number of pyridine rings is 2. The molecule has 0 amide bonds. The summed E-state index contributed by atoms with van der Waals surface area (Å²) < 4.78 is 14.6. The highest BCUT2D eigenvalue weighted by Crippen LogP contribution is 2.34. The molecule has 3 aromatic heterocycles. The molecule has 2 aromatic carbocycles. The lowest BCUT2D eigenvalue weighted by atomic mass is 10.1. The van der Waals surface area contributed by atoms with Gasteiger partial charge in [0.15, 0.2) is 17.0 Å². The lowest BCUT2D eigenvalue weighted by Crippen LogP contribution is -2.20. The summed E-state index contributed by atoms with van der Waals surface area (Å²) in [5.74, 6) is 2.24. The van der Waals surface area contributed by atoms with Gasteiger partial charge in [-0.15, -0.1) is 0 Å². The molecule has 7 nitrogen and oxygen atoms in total. The van der Waals surface area contributed by atoms with Gasteiger partial charge < -0.3 is 14.0 Å². The van der Waals surface area contributed by atoms with Crippen molar-refractivity contribution < 1.29 is 9.47 Å². The molecule has 1 aliphatic rings. The molecule has 0 spiro atoms. The second-order valence-electron chi connectivity index (χ2n) is 8.06. The molecule has 33 heavy (non-hydrogen) atoms. The topological polar surface area (TPSA) is 71.2 Å². The van der Waals surface area contributed by atoms with Crippen LogP contribution in [0.5, 0.6) is 11.5 Å². The predicted octanol–water partition coefficient (Wildman–Crippen LogP) is 4.55. The van der Waals surface area contributed by atoms with E-state index < -0.39 is 0 Å². The number of nitrogens with zero attached hydrogens (tertiary/aromatic N) is 4. The summed E-state index contributed by atoms with van der Waals surface area (Å²) in [5.41, 5.74) is 4.17. The summed E-state index contributed by atoms with van der Waals surface area (Å²) in [4.78, 5) is 22.9. The Balaban J connectivity index is 1.61. The standard InChI is InChI=1S/C25H19ClN4O3/c1-14-18(4-3-9-27-14)30-19-12-16(26)6-7-17(19)24-23(25(30)31)28-22(29(24)2)11-15-5-8-20-21(10-15)33-13-32-20/h3-10,12H,11,13H2,1-2H3. The Kier molecular flexibility index (Phi) is 4.41. The Morgan fingerprint density at radius 1 is 1.09 bits per heavy atom. The van der Waals surface area contributed by atoms with Crippen molar-refractivity contribution in [2.75, 3.05) is 6.79 Å². The van der Waals surface area contributed by atoms with Crippen LogP contribution >= 0.6 is 11.6 Å². The van der Waals surface area contributed by atoms with Crippen LogP contribution in [0.1, 0.15) is 17.1 Å². The first kappa shape index (κ1) is 19.8. The summed E-state index contributed by atoms with van der Waals surface area (Å²) in [5, 5.41) is 1.45. The highest BCUT2D eigenvalue weighted by Gasteiger charge is 2.21. The van der Waals surface area contributed by atoms with Crippen LogP contribution in [0.3, 0.4) is 0 Å². The molecule has 0 fully saturated rings. The number of rotatable bonds is 3. The number of hydrogen-bond donors (Lipinski definition) is 0. The van der Waals surface area contributed by atoms with Gasteiger partial charge in [0.25, 0.3) is 5.56 Å². The van der Waals surface area contributed by atoms with Crippen molar-refractivity contribution in [3.8, 4) is 17.2 Å². The summed E-state index contributed by atoms with van der Waals surface area (Å²) in [6.07, 6.45) is 2.25. The molecule has 8 heteroatoms. The maximum absolute atomic E-state index is 13.8. The molecular formula is C25H19ClN4O3. The average Bonchev–Trinajstić information content (AvgIpc) is 3.40. The first-order chi connectivity index (χ1) is 16.0. The number of aryl methyl sites for hydroxylation is 2. The molecule has 0 unspecified atom stereocenters. The molecule has 0 saturated carbocycles. The molecule has 0 aliphatic carbocycles. The van der Waals surface area contributed by atoms with Crippen molar-refractivity contribution >= 4 is 33.5 Å². The van der Waals surface area contributed by atoms with Crippen molar-refractivity contribution in [2.24, 2.45) is 7.05 Å². The summed E-state index contributed by atoms with van der Waals surface area (Å²) in [6, 6.07) is 15.1. The van der Waals surface area contributed by atoms with Gasteiger partial charge in [0.1, 0.15) is 5.82 Å². The molecule has 6 rings (SSSR count). The van der Waals surface area contributed by atoms with Crippen molar-refractivity contribution in [3.05, 3.63) is 87.2 Å². The third-order valence-corrected chi connectivity index (χ3v) is 6.30. The Morgan fingerprint density at radius 3 is 2.79 bits per heavy atom. The molecule has 5 aromatic rings. The zero-order valence-electron chi connectivity index (χ0n) is 18.0. The van der Waals surface area contributed by atoms with E-state index >= 15 is 0 Å². The van der Waals surface area contributed by atoms with Crippen LogP contribution in [0, 0.1) is 6.92 Å². The van der Waals surface area contributed by atoms with Crippen LogP contribution in [0.25, 0.3) is 27.6 Å².